The molecular weight excluding hydrogens is 244 g/mol. The Morgan fingerprint density at radius 1 is 1.11 bits per heavy atom. The smallest absolute Gasteiger partial charge is 0.341 e. The van der Waals surface area contributed by atoms with E-state index in [0.29, 0.717) is 18.8 Å². The van der Waals surface area contributed by atoms with Gasteiger partial charge in [0.2, 0.25) is 6.29 Å². The molecule has 1 saturated heterocycles. The van der Waals surface area contributed by atoms with Gasteiger partial charge < -0.3 is 14.2 Å². The molecule has 4 heteroatoms. The first-order valence-corrected chi connectivity index (χ1v) is 6.23. The van der Waals surface area contributed by atoms with Crippen molar-refractivity contribution in [2.45, 2.75) is 6.29 Å². The minimum atomic E-state index is -0.611. The summed E-state index contributed by atoms with van der Waals surface area (Å²) in [5.41, 5.74) is 0.548. The van der Waals surface area contributed by atoms with E-state index in [-0.39, 0.29) is 12.6 Å². The van der Waals surface area contributed by atoms with Crippen molar-refractivity contribution in [3.05, 3.63) is 48.0 Å². The van der Waals surface area contributed by atoms with Crippen molar-refractivity contribution < 1.29 is 19.0 Å². The molecule has 4 nitrogen and oxygen atoms in total. The molecule has 1 unspecified atom stereocenters. The highest BCUT2D eigenvalue weighted by Crippen LogP contribution is 2.20. The highest BCUT2D eigenvalue weighted by Gasteiger charge is 2.20. The minimum Gasteiger partial charge on any atom is -0.430 e. The molecule has 2 aromatic rings. The maximum Gasteiger partial charge on any atom is 0.341 e. The second-order valence-electron chi connectivity index (χ2n) is 4.31. The minimum absolute atomic E-state index is 0.288. The second-order valence-corrected chi connectivity index (χ2v) is 4.31. The first-order valence-electron chi connectivity index (χ1n) is 6.23. The van der Waals surface area contributed by atoms with Gasteiger partial charge in [0.1, 0.15) is 6.61 Å². The Bertz CT molecular complexity index is 582. The lowest BCUT2D eigenvalue weighted by Crippen LogP contribution is -2.32. The van der Waals surface area contributed by atoms with Gasteiger partial charge in [-0.05, 0) is 16.8 Å². The van der Waals surface area contributed by atoms with Crippen LogP contribution in [0, 0.1) is 0 Å². The monoisotopic (exact) mass is 258 g/mol. The Morgan fingerprint density at radius 2 is 1.95 bits per heavy atom. The van der Waals surface area contributed by atoms with Crippen molar-refractivity contribution in [3.63, 3.8) is 0 Å². The number of carbonyl (C=O) groups is 1. The van der Waals surface area contributed by atoms with E-state index in [1.807, 2.05) is 36.4 Å². The van der Waals surface area contributed by atoms with Crippen LogP contribution >= 0.6 is 0 Å². The van der Waals surface area contributed by atoms with Gasteiger partial charge in [0.25, 0.3) is 0 Å². The fourth-order valence-corrected chi connectivity index (χ4v) is 2.12. The molecule has 0 aliphatic carbocycles. The van der Waals surface area contributed by atoms with Gasteiger partial charge in [-0.1, -0.05) is 36.4 Å². The first-order chi connectivity index (χ1) is 9.34. The molecular formula is C15H14O4. The van der Waals surface area contributed by atoms with E-state index in [2.05, 4.69) is 0 Å². The third-order valence-corrected chi connectivity index (χ3v) is 3.03. The maximum atomic E-state index is 12.2. The van der Waals surface area contributed by atoms with Gasteiger partial charge >= 0.3 is 5.97 Å². The average Bonchev–Trinajstić information content (AvgIpc) is 2.47. The summed E-state index contributed by atoms with van der Waals surface area (Å²) in [6.07, 6.45) is -0.611. The van der Waals surface area contributed by atoms with Crippen molar-refractivity contribution in [2.75, 3.05) is 19.8 Å². The van der Waals surface area contributed by atoms with Gasteiger partial charge in [0.05, 0.1) is 18.8 Å². The van der Waals surface area contributed by atoms with E-state index in [1.54, 1.807) is 6.07 Å². The number of rotatable bonds is 2. The van der Waals surface area contributed by atoms with Crippen molar-refractivity contribution >= 4 is 16.7 Å². The fraction of sp³-hybridized carbons (Fsp3) is 0.267. The van der Waals surface area contributed by atoms with E-state index in [4.69, 9.17) is 14.2 Å². The third kappa shape index (κ3) is 2.59. The van der Waals surface area contributed by atoms with Crippen LogP contribution in [-0.4, -0.2) is 32.1 Å². The predicted molar refractivity (Wildman–Crippen MR) is 69.9 cm³/mol. The molecule has 19 heavy (non-hydrogen) atoms. The van der Waals surface area contributed by atoms with Crippen LogP contribution in [0.1, 0.15) is 10.4 Å². The van der Waals surface area contributed by atoms with Crippen LogP contribution in [0.5, 0.6) is 0 Å². The summed E-state index contributed by atoms with van der Waals surface area (Å²) in [7, 11) is 0. The third-order valence-electron chi connectivity index (χ3n) is 3.03. The Kier molecular flexibility index (Phi) is 3.44. The molecule has 1 fully saturated rings. The van der Waals surface area contributed by atoms with Crippen LogP contribution in [0.4, 0.5) is 0 Å². The van der Waals surface area contributed by atoms with Crippen molar-refractivity contribution in [3.8, 4) is 0 Å². The van der Waals surface area contributed by atoms with E-state index in [1.165, 1.54) is 0 Å². The van der Waals surface area contributed by atoms with E-state index >= 15 is 0 Å². The van der Waals surface area contributed by atoms with Crippen LogP contribution in [0.25, 0.3) is 10.8 Å². The largest absolute Gasteiger partial charge is 0.430 e. The molecule has 1 aliphatic heterocycles. The number of hydrogen-bond acceptors (Lipinski definition) is 4. The van der Waals surface area contributed by atoms with Crippen LogP contribution in [0.2, 0.25) is 0 Å². The average molecular weight is 258 g/mol. The molecule has 1 atom stereocenters. The molecule has 0 spiro atoms. The standard InChI is InChI=1S/C15H14O4/c16-15(19-14-10-17-8-9-18-14)13-7-3-5-11-4-1-2-6-12(11)13/h1-7,14H,8-10H2. The van der Waals surface area contributed by atoms with E-state index < -0.39 is 6.29 Å². The maximum absolute atomic E-state index is 12.2. The summed E-state index contributed by atoms with van der Waals surface area (Å²) in [5, 5.41) is 1.89. The topological polar surface area (TPSA) is 44.8 Å². The lowest BCUT2D eigenvalue weighted by atomic mass is 10.1. The first kappa shape index (κ1) is 12.1. The van der Waals surface area contributed by atoms with Gasteiger partial charge in [-0.15, -0.1) is 0 Å². The Morgan fingerprint density at radius 3 is 2.79 bits per heavy atom. The highest BCUT2D eigenvalue weighted by molar-refractivity contribution is 6.04. The van der Waals surface area contributed by atoms with Gasteiger partial charge in [-0.2, -0.15) is 0 Å². The van der Waals surface area contributed by atoms with Crippen molar-refractivity contribution in [2.24, 2.45) is 0 Å². The summed E-state index contributed by atoms with van der Waals surface area (Å²) in [5.74, 6) is -0.382. The summed E-state index contributed by atoms with van der Waals surface area (Å²) >= 11 is 0. The molecule has 1 heterocycles. The Labute approximate surface area is 110 Å². The normalized spacial score (nSPS) is 19.3. The summed E-state index contributed by atoms with van der Waals surface area (Å²) in [4.78, 5) is 12.2. The molecule has 0 amide bonds. The van der Waals surface area contributed by atoms with Gasteiger partial charge in [0, 0.05) is 0 Å². The van der Waals surface area contributed by atoms with Crippen LogP contribution in [-0.2, 0) is 14.2 Å². The van der Waals surface area contributed by atoms with Gasteiger partial charge in [-0.3, -0.25) is 0 Å². The lowest BCUT2D eigenvalue weighted by molar-refractivity contribution is -0.186. The number of carbonyl (C=O) groups excluding carboxylic acids is 1. The molecule has 3 rings (SSSR count). The Balaban J connectivity index is 1.85. The zero-order chi connectivity index (χ0) is 13.1. The molecule has 98 valence electrons. The molecule has 0 aromatic heterocycles. The fourth-order valence-electron chi connectivity index (χ4n) is 2.12. The lowest BCUT2D eigenvalue weighted by Gasteiger charge is -2.22. The summed E-state index contributed by atoms with van der Waals surface area (Å²) < 4.78 is 15.8. The molecule has 0 bridgehead atoms. The number of benzene rings is 2. The molecule has 0 saturated carbocycles. The van der Waals surface area contributed by atoms with Gasteiger partial charge in [-0.25, -0.2) is 4.79 Å². The van der Waals surface area contributed by atoms with Crippen molar-refractivity contribution in [1.29, 1.82) is 0 Å². The number of fused-ring (bicyclic) bond motifs is 1. The zero-order valence-electron chi connectivity index (χ0n) is 10.4. The predicted octanol–water partition coefficient (Wildman–Crippen LogP) is 2.37. The summed E-state index contributed by atoms with van der Waals surface area (Å²) in [6, 6.07) is 13.3. The van der Waals surface area contributed by atoms with E-state index in [9.17, 15) is 4.79 Å². The number of hydrogen-bond donors (Lipinski definition) is 0. The zero-order valence-corrected chi connectivity index (χ0v) is 10.4. The molecule has 2 aromatic carbocycles. The van der Waals surface area contributed by atoms with Crippen LogP contribution in [0.3, 0.4) is 0 Å². The molecule has 0 radical (unpaired) electrons. The second kappa shape index (κ2) is 5.38. The van der Waals surface area contributed by atoms with Crippen LogP contribution in [0.15, 0.2) is 42.5 Å². The summed E-state index contributed by atoms with van der Waals surface area (Å²) in [6.45, 7) is 1.28. The molecule has 1 aliphatic rings. The highest BCUT2D eigenvalue weighted by atomic mass is 16.7. The molecule has 0 N–H and O–H groups in total. The number of ether oxygens (including phenoxy) is 3. The van der Waals surface area contributed by atoms with Crippen molar-refractivity contribution in [1.82, 2.24) is 0 Å². The Hall–Kier alpha value is -1.91. The van der Waals surface area contributed by atoms with Gasteiger partial charge in [0.15, 0.2) is 0 Å². The SMILES string of the molecule is O=C(OC1COCCO1)c1cccc2ccccc12. The number of esters is 1. The van der Waals surface area contributed by atoms with Crippen LogP contribution < -0.4 is 0 Å². The van der Waals surface area contributed by atoms with E-state index in [0.717, 1.165) is 10.8 Å². The quantitative estimate of drug-likeness (QED) is 0.776.